The number of hydrogen-bond acceptors (Lipinski definition) is 5. The lowest BCUT2D eigenvalue weighted by Gasteiger charge is -2.14. The van der Waals surface area contributed by atoms with E-state index in [1.165, 1.54) is 25.3 Å². The SMILES string of the molecule is COc1ccc(-c2ccc(-n3cc(C(C)(C)O)nc3-c3c(F)cccc3Cl)c(Cl)c2)cc1S(C)(=O)=O. The summed E-state index contributed by atoms with van der Waals surface area (Å²) in [6, 6.07) is 14.3. The maximum Gasteiger partial charge on any atom is 0.179 e. The first-order valence-corrected chi connectivity index (χ1v) is 13.4. The zero-order valence-corrected chi connectivity index (χ0v) is 22.2. The van der Waals surface area contributed by atoms with Gasteiger partial charge in [-0.15, -0.1) is 0 Å². The summed E-state index contributed by atoms with van der Waals surface area (Å²) in [6.07, 6.45) is 2.69. The number of halogens is 3. The average molecular weight is 549 g/mol. The molecule has 4 rings (SSSR count). The van der Waals surface area contributed by atoms with E-state index in [2.05, 4.69) is 4.98 Å². The minimum absolute atomic E-state index is 0.0589. The van der Waals surface area contributed by atoms with E-state index in [0.29, 0.717) is 22.5 Å². The van der Waals surface area contributed by atoms with Crippen molar-refractivity contribution in [3.05, 3.63) is 82.4 Å². The second-order valence-electron chi connectivity index (χ2n) is 8.78. The molecule has 0 amide bonds. The normalized spacial score (nSPS) is 12.1. The van der Waals surface area contributed by atoms with Crippen LogP contribution in [0.25, 0.3) is 28.2 Å². The number of hydrogen-bond donors (Lipinski definition) is 1. The largest absolute Gasteiger partial charge is 0.495 e. The van der Waals surface area contributed by atoms with E-state index in [9.17, 15) is 17.9 Å². The number of nitrogens with zero attached hydrogens (tertiary/aromatic N) is 2. The monoisotopic (exact) mass is 548 g/mol. The number of ether oxygens (including phenoxy) is 1. The van der Waals surface area contributed by atoms with Crippen molar-refractivity contribution in [2.24, 2.45) is 0 Å². The Bertz CT molecular complexity index is 1560. The van der Waals surface area contributed by atoms with Crippen LogP contribution in [-0.2, 0) is 15.4 Å². The topological polar surface area (TPSA) is 81.4 Å². The van der Waals surface area contributed by atoms with Gasteiger partial charge in [-0.25, -0.2) is 17.8 Å². The van der Waals surface area contributed by atoms with Gasteiger partial charge in [0.1, 0.15) is 27.9 Å². The Labute approximate surface area is 218 Å². The lowest BCUT2D eigenvalue weighted by molar-refractivity contribution is 0.0743. The van der Waals surface area contributed by atoms with Gasteiger partial charge < -0.3 is 9.84 Å². The summed E-state index contributed by atoms with van der Waals surface area (Å²) in [4.78, 5) is 4.54. The Morgan fingerprint density at radius 2 is 1.69 bits per heavy atom. The zero-order chi connectivity index (χ0) is 26.4. The summed E-state index contributed by atoms with van der Waals surface area (Å²) in [7, 11) is -2.13. The first-order valence-electron chi connectivity index (χ1n) is 10.8. The highest BCUT2D eigenvalue weighted by Gasteiger charge is 2.26. The number of methoxy groups -OCH3 is 1. The molecule has 1 heterocycles. The van der Waals surface area contributed by atoms with Crippen LogP contribution < -0.4 is 4.74 Å². The highest BCUT2D eigenvalue weighted by atomic mass is 35.5. The molecule has 0 fully saturated rings. The van der Waals surface area contributed by atoms with Gasteiger partial charge in [0.05, 0.1) is 34.1 Å². The summed E-state index contributed by atoms with van der Waals surface area (Å²) < 4.78 is 46.1. The molecule has 10 heteroatoms. The maximum atomic E-state index is 14.8. The quantitative estimate of drug-likeness (QED) is 0.306. The molecule has 0 aliphatic rings. The van der Waals surface area contributed by atoms with Gasteiger partial charge in [-0.05, 0) is 61.4 Å². The van der Waals surface area contributed by atoms with Crippen molar-refractivity contribution in [3.8, 4) is 34.0 Å². The molecule has 1 N–H and O–H groups in total. The number of imidazole rings is 1. The van der Waals surface area contributed by atoms with Crippen LogP contribution in [0.1, 0.15) is 19.5 Å². The summed E-state index contributed by atoms with van der Waals surface area (Å²) in [5, 5.41) is 11.0. The van der Waals surface area contributed by atoms with Crippen LogP contribution in [0.3, 0.4) is 0 Å². The molecule has 0 spiro atoms. The Morgan fingerprint density at radius 1 is 1.03 bits per heavy atom. The van der Waals surface area contributed by atoms with Crippen LogP contribution in [0.5, 0.6) is 5.75 Å². The third kappa shape index (κ3) is 4.99. The van der Waals surface area contributed by atoms with Crippen LogP contribution in [0.4, 0.5) is 4.39 Å². The minimum Gasteiger partial charge on any atom is -0.495 e. The third-order valence-electron chi connectivity index (χ3n) is 5.62. The van der Waals surface area contributed by atoms with E-state index in [1.807, 2.05) is 0 Å². The predicted octanol–water partition coefficient (Wildman–Crippen LogP) is 6.29. The van der Waals surface area contributed by atoms with Crippen molar-refractivity contribution in [1.29, 1.82) is 0 Å². The molecule has 0 atom stereocenters. The molecule has 0 saturated heterocycles. The summed E-state index contributed by atoms with van der Waals surface area (Å²) in [5.41, 5.74) is 0.798. The standard InChI is InChI=1S/C26H23Cl2FN2O4S/c1-26(2,32)23-14-31(25(30-23)24-17(27)6-5-7-19(24)29)20-10-8-15(12-18(20)28)16-9-11-21(35-3)22(13-16)36(4,33)34/h5-14,32H,1-4H3. The van der Waals surface area contributed by atoms with Gasteiger partial charge in [0.15, 0.2) is 9.84 Å². The van der Waals surface area contributed by atoms with E-state index < -0.39 is 21.3 Å². The zero-order valence-electron chi connectivity index (χ0n) is 19.9. The Morgan fingerprint density at radius 3 is 2.28 bits per heavy atom. The molecule has 1 aromatic heterocycles. The summed E-state index contributed by atoms with van der Waals surface area (Å²) >= 11 is 13.0. The predicted molar refractivity (Wildman–Crippen MR) is 139 cm³/mol. The molecule has 4 aromatic rings. The molecule has 0 unspecified atom stereocenters. The van der Waals surface area contributed by atoms with Gasteiger partial charge in [-0.2, -0.15) is 0 Å². The van der Waals surface area contributed by atoms with E-state index in [1.54, 1.807) is 61.0 Å². The Kier molecular flexibility index (Phi) is 6.92. The molecule has 36 heavy (non-hydrogen) atoms. The molecule has 0 bridgehead atoms. The van der Waals surface area contributed by atoms with Gasteiger partial charge in [0, 0.05) is 12.5 Å². The van der Waals surface area contributed by atoms with Crippen LogP contribution in [-0.4, -0.2) is 36.4 Å². The number of rotatable bonds is 6. The molecular formula is C26H23Cl2FN2O4S. The summed E-state index contributed by atoms with van der Waals surface area (Å²) in [6.45, 7) is 3.14. The number of aliphatic hydroxyl groups is 1. The average Bonchev–Trinajstić information content (AvgIpc) is 3.23. The molecule has 0 aliphatic heterocycles. The van der Waals surface area contributed by atoms with E-state index >= 15 is 0 Å². The molecule has 0 radical (unpaired) electrons. The van der Waals surface area contributed by atoms with Crippen molar-refractivity contribution in [2.75, 3.05) is 13.4 Å². The molecule has 188 valence electrons. The fourth-order valence-corrected chi connectivity index (χ4v) is 5.15. The highest BCUT2D eigenvalue weighted by molar-refractivity contribution is 7.90. The maximum absolute atomic E-state index is 14.8. The molecule has 0 aliphatic carbocycles. The van der Waals surface area contributed by atoms with Crippen LogP contribution in [0.2, 0.25) is 10.0 Å². The van der Waals surface area contributed by atoms with Crippen molar-refractivity contribution in [3.63, 3.8) is 0 Å². The highest BCUT2D eigenvalue weighted by Crippen LogP contribution is 2.37. The van der Waals surface area contributed by atoms with Gasteiger partial charge in [0.2, 0.25) is 0 Å². The van der Waals surface area contributed by atoms with Gasteiger partial charge in [-0.3, -0.25) is 4.57 Å². The second-order valence-corrected chi connectivity index (χ2v) is 11.6. The Hall–Kier alpha value is -2.91. The molecule has 3 aromatic carbocycles. The van der Waals surface area contributed by atoms with Gasteiger partial charge in [0.25, 0.3) is 0 Å². The number of benzene rings is 3. The lowest BCUT2D eigenvalue weighted by atomic mass is 10.0. The molecular weight excluding hydrogens is 526 g/mol. The van der Waals surface area contributed by atoms with Gasteiger partial charge in [-0.1, -0.05) is 41.4 Å². The minimum atomic E-state index is -3.54. The second kappa shape index (κ2) is 9.52. The van der Waals surface area contributed by atoms with E-state index in [-0.39, 0.29) is 32.1 Å². The fourth-order valence-electron chi connectivity index (χ4n) is 3.77. The summed E-state index contributed by atoms with van der Waals surface area (Å²) in [5.74, 6) is -0.155. The molecule has 0 saturated carbocycles. The Balaban J connectivity index is 1.88. The van der Waals surface area contributed by atoms with Gasteiger partial charge >= 0.3 is 0 Å². The van der Waals surface area contributed by atoms with Crippen LogP contribution in [0.15, 0.2) is 65.7 Å². The van der Waals surface area contributed by atoms with Crippen molar-refractivity contribution in [1.82, 2.24) is 9.55 Å². The van der Waals surface area contributed by atoms with Crippen LogP contribution >= 0.6 is 23.2 Å². The lowest BCUT2D eigenvalue weighted by Crippen LogP contribution is -2.15. The number of sulfone groups is 1. The van der Waals surface area contributed by atoms with Crippen LogP contribution in [0, 0.1) is 5.82 Å². The first kappa shape index (κ1) is 26.2. The smallest absolute Gasteiger partial charge is 0.179 e. The van der Waals surface area contributed by atoms with E-state index in [4.69, 9.17) is 27.9 Å². The first-order chi connectivity index (χ1) is 16.8. The van der Waals surface area contributed by atoms with Crippen molar-refractivity contribution in [2.45, 2.75) is 24.3 Å². The van der Waals surface area contributed by atoms with Crippen molar-refractivity contribution < 1.29 is 22.7 Å². The molecule has 6 nitrogen and oxygen atoms in total. The van der Waals surface area contributed by atoms with Crippen molar-refractivity contribution >= 4 is 33.0 Å². The van der Waals surface area contributed by atoms with E-state index in [0.717, 1.165) is 6.26 Å². The third-order valence-corrected chi connectivity index (χ3v) is 7.36. The number of aromatic nitrogens is 2. The fraction of sp³-hybridized carbons (Fsp3) is 0.192.